The van der Waals surface area contributed by atoms with Gasteiger partial charge in [0.25, 0.3) is 0 Å². The van der Waals surface area contributed by atoms with Crippen LogP contribution in [0.2, 0.25) is 0 Å². The van der Waals surface area contributed by atoms with Crippen molar-refractivity contribution in [3.8, 4) is 17.2 Å². The van der Waals surface area contributed by atoms with E-state index < -0.39 is 0 Å². The van der Waals surface area contributed by atoms with Gasteiger partial charge in [0.05, 0.1) is 21.3 Å². The molecule has 0 bridgehead atoms. The minimum absolute atomic E-state index is 0.148. The molecule has 120 valence electrons. The number of hydrogen-bond acceptors (Lipinski definition) is 5. The Morgan fingerprint density at radius 2 is 1.67 bits per heavy atom. The van der Waals surface area contributed by atoms with Crippen LogP contribution in [-0.4, -0.2) is 42.1 Å². The van der Waals surface area contributed by atoms with Crippen molar-refractivity contribution in [1.29, 1.82) is 0 Å². The molecule has 0 aliphatic rings. The lowest BCUT2D eigenvalue weighted by atomic mass is 9.91. The molecule has 0 saturated carbocycles. The fourth-order valence-electron chi connectivity index (χ4n) is 2.59. The van der Waals surface area contributed by atoms with E-state index in [1.165, 1.54) is 0 Å². The SMILES string of the molecule is CNC(c1ccc(OC)c(OC)c1OC)C(C)CCOC. The normalized spacial score (nSPS) is 13.6. The number of rotatable bonds is 9. The summed E-state index contributed by atoms with van der Waals surface area (Å²) in [6.07, 6.45) is 0.958. The molecule has 1 rings (SSSR count). The maximum absolute atomic E-state index is 5.57. The second kappa shape index (κ2) is 8.74. The summed E-state index contributed by atoms with van der Waals surface area (Å²) in [6, 6.07) is 4.07. The second-order valence-corrected chi connectivity index (χ2v) is 4.95. The van der Waals surface area contributed by atoms with Crippen molar-refractivity contribution >= 4 is 0 Å². The third-order valence-electron chi connectivity index (χ3n) is 3.73. The topological polar surface area (TPSA) is 49.0 Å². The van der Waals surface area contributed by atoms with Crippen molar-refractivity contribution in [3.05, 3.63) is 17.7 Å². The van der Waals surface area contributed by atoms with E-state index in [2.05, 4.69) is 12.2 Å². The highest BCUT2D eigenvalue weighted by molar-refractivity contribution is 5.56. The second-order valence-electron chi connectivity index (χ2n) is 4.95. The third kappa shape index (κ3) is 4.02. The van der Waals surface area contributed by atoms with E-state index in [0.717, 1.165) is 18.6 Å². The van der Waals surface area contributed by atoms with E-state index in [0.29, 0.717) is 23.2 Å². The molecule has 0 saturated heterocycles. The highest BCUT2D eigenvalue weighted by atomic mass is 16.5. The smallest absolute Gasteiger partial charge is 0.203 e. The van der Waals surface area contributed by atoms with Crippen molar-refractivity contribution in [2.75, 3.05) is 42.1 Å². The fraction of sp³-hybridized carbons (Fsp3) is 0.625. The number of ether oxygens (including phenoxy) is 4. The number of benzene rings is 1. The highest BCUT2D eigenvalue weighted by Crippen LogP contribution is 2.43. The predicted octanol–water partition coefficient (Wildman–Crippen LogP) is 2.65. The summed E-state index contributed by atoms with van der Waals surface area (Å²) in [5.74, 6) is 2.39. The van der Waals surface area contributed by atoms with Crippen LogP contribution in [0.25, 0.3) is 0 Å². The van der Waals surface area contributed by atoms with Gasteiger partial charge >= 0.3 is 0 Å². The zero-order valence-electron chi connectivity index (χ0n) is 13.9. The van der Waals surface area contributed by atoms with E-state index >= 15 is 0 Å². The minimum atomic E-state index is 0.148. The molecule has 5 heteroatoms. The van der Waals surface area contributed by atoms with Gasteiger partial charge in [-0.15, -0.1) is 0 Å². The van der Waals surface area contributed by atoms with Crippen LogP contribution in [0.5, 0.6) is 17.2 Å². The average molecular weight is 297 g/mol. The van der Waals surface area contributed by atoms with Crippen LogP contribution in [0.15, 0.2) is 12.1 Å². The van der Waals surface area contributed by atoms with Gasteiger partial charge in [-0.05, 0) is 31.5 Å². The Kier molecular flexibility index (Phi) is 7.32. The van der Waals surface area contributed by atoms with Gasteiger partial charge in [-0.1, -0.05) is 6.92 Å². The lowest BCUT2D eigenvalue weighted by Gasteiger charge is -2.26. The van der Waals surface area contributed by atoms with E-state index in [1.54, 1.807) is 28.4 Å². The molecule has 0 aromatic heterocycles. The predicted molar refractivity (Wildman–Crippen MR) is 83.6 cm³/mol. The Hall–Kier alpha value is -1.46. The molecule has 21 heavy (non-hydrogen) atoms. The van der Waals surface area contributed by atoms with E-state index in [-0.39, 0.29) is 6.04 Å². The Labute approximate surface area is 127 Å². The van der Waals surface area contributed by atoms with E-state index in [9.17, 15) is 0 Å². The Bertz CT molecular complexity index is 437. The van der Waals surface area contributed by atoms with Crippen LogP contribution in [0, 0.1) is 5.92 Å². The zero-order chi connectivity index (χ0) is 15.8. The summed E-state index contributed by atoms with van der Waals surface area (Å²) < 4.78 is 21.5. The summed E-state index contributed by atoms with van der Waals surface area (Å²) in [5.41, 5.74) is 1.06. The summed E-state index contributed by atoms with van der Waals surface area (Å²) in [7, 11) is 8.55. The molecule has 0 fully saturated rings. The van der Waals surface area contributed by atoms with Gasteiger partial charge in [0.1, 0.15) is 0 Å². The van der Waals surface area contributed by atoms with E-state index in [4.69, 9.17) is 18.9 Å². The molecule has 0 heterocycles. The monoisotopic (exact) mass is 297 g/mol. The number of nitrogens with one attached hydrogen (secondary N) is 1. The van der Waals surface area contributed by atoms with E-state index in [1.807, 2.05) is 19.2 Å². The first kappa shape index (κ1) is 17.6. The summed E-state index contributed by atoms with van der Waals surface area (Å²) in [6.45, 7) is 2.92. The number of hydrogen-bond donors (Lipinski definition) is 1. The van der Waals surface area contributed by atoms with Gasteiger partial charge in [-0.3, -0.25) is 0 Å². The molecule has 2 atom stereocenters. The van der Waals surface area contributed by atoms with Crippen molar-refractivity contribution in [2.45, 2.75) is 19.4 Å². The van der Waals surface area contributed by atoms with Gasteiger partial charge in [-0.2, -0.15) is 0 Å². The standard InChI is InChI=1S/C16H27NO4/c1-11(9-10-18-3)14(17-2)12-7-8-13(19-4)16(21-6)15(12)20-5/h7-8,11,14,17H,9-10H2,1-6H3. The minimum Gasteiger partial charge on any atom is -0.493 e. The molecule has 2 unspecified atom stereocenters. The van der Waals surface area contributed by atoms with Crippen LogP contribution in [0.1, 0.15) is 24.9 Å². The largest absolute Gasteiger partial charge is 0.493 e. The van der Waals surface area contributed by atoms with Gasteiger partial charge in [0.2, 0.25) is 5.75 Å². The van der Waals surface area contributed by atoms with Gasteiger partial charge in [-0.25, -0.2) is 0 Å². The molecule has 1 aromatic carbocycles. The summed E-state index contributed by atoms with van der Waals surface area (Å²) >= 11 is 0. The quantitative estimate of drug-likeness (QED) is 0.759. The van der Waals surface area contributed by atoms with Crippen molar-refractivity contribution in [2.24, 2.45) is 5.92 Å². The Balaban J connectivity index is 3.20. The first-order chi connectivity index (χ1) is 10.1. The van der Waals surface area contributed by atoms with Gasteiger partial charge in [0, 0.05) is 25.3 Å². The molecule has 1 N–H and O–H groups in total. The molecule has 0 spiro atoms. The van der Waals surface area contributed by atoms with Crippen LogP contribution < -0.4 is 19.5 Å². The Morgan fingerprint density at radius 3 is 2.14 bits per heavy atom. The molecule has 0 amide bonds. The molecule has 1 aromatic rings. The third-order valence-corrected chi connectivity index (χ3v) is 3.73. The van der Waals surface area contributed by atoms with Crippen LogP contribution in [-0.2, 0) is 4.74 Å². The first-order valence-corrected chi connectivity index (χ1v) is 7.09. The lowest BCUT2D eigenvalue weighted by molar-refractivity contribution is 0.170. The summed E-state index contributed by atoms with van der Waals surface area (Å²) in [4.78, 5) is 0. The molecule has 0 aliphatic heterocycles. The zero-order valence-corrected chi connectivity index (χ0v) is 13.9. The maximum atomic E-state index is 5.57. The van der Waals surface area contributed by atoms with Crippen molar-refractivity contribution < 1.29 is 18.9 Å². The van der Waals surface area contributed by atoms with Gasteiger partial charge < -0.3 is 24.3 Å². The lowest BCUT2D eigenvalue weighted by Crippen LogP contribution is -2.25. The maximum Gasteiger partial charge on any atom is 0.203 e. The van der Waals surface area contributed by atoms with Crippen LogP contribution >= 0.6 is 0 Å². The van der Waals surface area contributed by atoms with Crippen molar-refractivity contribution in [3.63, 3.8) is 0 Å². The fourth-order valence-corrected chi connectivity index (χ4v) is 2.59. The van der Waals surface area contributed by atoms with Crippen LogP contribution in [0.3, 0.4) is 0 Å². The summed E-state index contributed by atoms with van der Waals surface area (Å²) in [5, 5.41) is 3.36. The van der Waals surface area contributed by atoms with Crippen LogP contribution in [0.4, 0.5) is 0 Å². The average Bonchev–Trinajstić information content (AvgIpc) is 2.52. The molecular formula is C16H27NO4. The molecule has 0 aliphatic carbocycles. The molecule has 5 nitrogen and oxygen atoms in total. The Morgan fingerprint density at radius 1 is 1.00 bits per heavy atom. The highest BCUT2D eigenvalue weighted by Gasteiger charge is 2.25. The molecular weight excluding hydrogens is 270 g/mol. The first-order valence-electron chi connectivity index (χ1n) is 7.09. The van der Waals surface area contributed by atoms with Crippen molar-refractivity contribution in [1.82, 2.24) is 5.32 Å². The van der Waals surface area contributed by atoms with Gasteiger partial charge in [0.15, 0.2) is 11.5 Å². The molecule has 0 radical (unpaired) electrons. The number of methoxy groups -OCH3 is 4.